The fraction of sp³-hybridized carbons (Fsp3) is 0.714. The molecule has 1 aromatic rings. The first kappa shape index (κ1) is 23.1. The van der Waals surface area contributed by atoms with Crippen molar-refractivity contribution in [3.63, 3.8) is 0 Å². The summed E-state index contributed by atoms with van der Waals surface area (Å²) in [7, 11) is 1.81. The highest BCUT2D eigenvalue weighted by Gasteiger charge is 2.22. The van der Waals surface area contributed by atoms with Crippen molar-refractivity contribution in [2.24, 2.45) is 4.99 Å². The lowest BCUT2D eigenvalue weighted by Gasteiger charge is -2.34. The third-order valence-electron chi connectivity index (χ3n) is 4.53. The molecule has 8 heteroatoms. The van der Waals surface area contributed by atoms with Crippen LogP contribution in [0.15, 0.2) is 27.8 Å². The van der Waals surface area contributed by atoms with E-state index in [4.69, 9.17) is 13.9 Å². The molecular weight excluding hydrogens is 372 g/mol. The van der Waals surface area contributed by atoms with Crippen LogP contribution in [0.25, 0.3) is 0 Å². The number of likely N-dealkylation sites (tertiary alicyclic amines) is 1. The molecule has 164 valence electrons. The first-order valence-electron chi connectivity index (χ1n) is 10.4. The molecule has 0 saturated carbocycles. The number of ether oxygens (including phenoxy) is 2. The first-order chi connectivity index (χ1) is 13.9. The third-order valence-corrected chi connectivity index (χ3v) is 4.53. The average Bonchev–Trinajstić information content (AvgIpc) is 3.18. The summed E-state index contributed by atoms with van der Waals surface area (Å²) in [6.45, 7) is 9.38. The molecule has 2 heterocycles. The summed E-state index contributed by atoms with van der Waals surface area (Å²) in [5.74, 6) is 1.90. The normalized spacial score (nSPS) is 16.0. The molecule has 2 N–H and O–H groups in total. The van der Waals surface area contributed by atoms with Crippen molar-refractivity contribution in [1.82, 2.24) is 15.5 Å². The van der Waals surface area contributed by atoms with E-state index in [9.17, 15) is 4.79 Å². The minimum Gasteiger partial charge on any atom is -0.469 e. The Bertz CT molecular complexity index is 617. The summed E-state index contributed by atoms with van der Waals surface area (Å²) in [4.78, 5) is 18.3. The van der Waals surface area contributed by atoms with E-state index in [1.165, 1.54) is 0 Å². The van der Waals surface area contributed by atoms with Gasteiger partial charge in [0, 0.05) is 46.3 Å². The highest BCUT2D eigenvalue weighted by atomic mass is 16.6. The molecule has 1 saturated heterocycles. The number of alkyl carbamates (subject to hydrolysis) is 1. The van der Waals surface area contributed by atoms with Crippen LogP contribution in [0.4, 0.5) is 4.79 Å². The number of hydrogen-bond acceptors (Lipinski definition) is 5. The van der Waals surface area contributed by atoms with Gasteiger partial charge in [0.1, 0.15) is 11.4 Å². The lowest BCUT2D eigenvalue weighted by molar-refractivity contribution is 0.0170. The molecule has 0 bridgehead atoms. The van der Waals surface area contributed by atoms with Crippen LogP contribution in [0.2, 0.25) is 0 Å². The van der Waals surface area contributed by atoms with E-state index in [0.717, 1.165) is 57.0 Å². The van der Waals surface area contributed by atoms with Gasteiger partial charge in [-0.1, -0.05) is 0 Å². The zero-order valence-corrected chi connectivity index (χ0v) is 18.2. The maximum atomic E-state index is 11.6. The summed E-state index contributed by atoms with van der Waals surface area (Å²) < 4.78 is 16.5. The third kappa shape index (κ3) is 9.21. The van der Waals surface area contributed by atoms with E-state index in [2.05, 4.69) is 20.5 Å². The van der Waals surface area contributed by atoms with Crippen molar-refractivity contribution >= 4 is 12.1 Å². The molecule has 1 aliphatic rings. The van der Waals surface area contributed by atoms with Gasteiger partial charge in [-0.3, -0.25) is 4.99 Å². The quantitative estimate of drug-likeness (QED) is 0.391. The summed E-state index contributed by atoms with van der Waals surface area (Å²) in [5.41, 5.74) is -0.469. The molecule has 0 aromatic carbocycles. The fourth-order valence-corrected chi connectivity index (χ4v) is 3.15. The van der Waals surface area contributed by atoms with Gasteiger partial charge < -0.3 is 29.4 Å². The number of carbonyl (C=O) groups is 1. The minimum absolute atomic E-state index is 0.258. The SMILES string of the molecule is CN=C(NCCc1ccco1)N1CCC(OCCCNC(=O)OC(C)(C)C)CC1. The van der Waals surface area contributed by atoms with Crippen molar-refractivity contribution < 1.29 is 18.7 Å². The van der Waals surface area contributed by atoms with Crippen LogP contribution >= 0.6 is 0 Å². The molecule has 2 rings (SSSR count). The number of furan rings is 1. The van der Waals surface area contributed by atoms with Crippen molar-refractivity contribution in [1.29, 1.82) is 0 Å². The second-order valence-corrected chi connectivity index (χ2v) is 8.14. The lowest BCUT2D eigenvalue weighted by atomic mass is 10.1. The van der Waals surface area contributed by atoms with Gasteiger partial charge in [0.25, 0.3) is 0 Å². The van der Waals surface area contributed by atoms with Gasteiger partial charge >= 0.3 is 6.09 Å². The maximum absolute atomic E-state index is 11.6. The summed E-state index contributed by atoms with van der Waals surface area (Å²) >= 11 is 0. The summed E-state index contributed by atoms with van der Waals surface area (Å²) in [6.07, 6.45) is 5.13. The second-order valence-electron chi connectivity index (χ2n) is 8.14. The van der Waals surface area contributed by atoms with Crippen molar-refractivity contribution in [3.8, 4) is 0 Å². The number of rotatable bonds is 8. The van der Waals surface area contributed by atoms with Gasteiger partial charge in [-0.15, -0.1) is 0 Å². The van der Waals surface area contributed by atoms with Gasteiger partial charge in [-0.25, -0.2) is 4.79 Å². The predicted octanol–water partition coefficient (Wildman–Crippen LogP) is 2.79. The van der Waals surface area contributed by atoms with Crippen LogP contribution in [-0.4, -0.2) is 68.5 Å². The minimum atomic E-state index is -0.469. The molecule has 1 aromatic heterocycles. The van der Waals surface area contributed by atoms with E-state index in [1.807, 2.05) is 40.0 Å². The van der Waals surface area contributed by atoms with E-state index in [1.54, 1.807) is 6.26 Å². The molecule has 0 unspecified atom stereocenters. The highest BCUT2D eigenvalue weighted by Crippen LogP contribution is 2.14. The van der Waals surface area contributed by atoms with Crippen molar-refractivity contribution in [3.05, 3.63) is 24.2 Å². The molecule has 8 nitrogen and oxygen atoms in total. The zero-order chi connectivity index (χ0) is 21.1. The monoisotopic (exact) mass is 408 g/mol. The number of guanidine groups is 1. The van der Waals surface area contributed by atoms with Crippen LogP contribution in [0.3, 0.4) is 0 Å². The first-order valence-corrected chi connectivity index (χ1v) is 10.4. The van der Waals surface area contributed by atoms with Crippen LogP contribution in [0.1, 0.15) is 45.8 Å². The molecular formula is C21H36N4O4. The Balaban J connectivity index is 1.55. The number of nitrogens with zero attached hydrogens (tertiary/aromatic N) is 2. The van der Waals surface area contributed by atoms with Gasteiger partial charge in [0.15, 0.2) is 5.96 Å². The van der Waals surface area contributed by atoms with Crippen LogP contribution in [0, 0.1) is 0 Å². The largest absolute Gasteiger partial charge is 0.469 e. The predicted molar refractivity (Wildman–Crippen MR) is 113 cm³/mol. The van der Waals surface area contributed by atoms with Crippen molar-refractivity contribution in [2.75, 3.05) is 39.8 Å². The number of carbonyl (C=O) groups excluding carboxylic acids is 1. The second kappa shape index (κ2) is 11.7. The van der Waals surface area contributed by atoms with Crippen LogP contribution in [0.5, 0.6) is 0 Å². The smallest absolute Gasteiger partial charge is 0.407 e. The van der Waals surface area contributed by atoms with Crippen molar-refractivity contribution in [2.45, 2.75) is 58.2 Å². The average molecular weight is 409 g/mol. The molecule has 0 spiro atoms. The van der Waals surface area contributed by atoms with Crippen LogP contribution < -0.4 is 10.6 Å². The van der Waals surface area contributed by atoms with Gasteiger partial charge in [-0.2, -0.15) is 0 Å². The van der Waals surface area contributed by atoms with E-state index >= 15 is 0 Å². The molecule has 1 fully saturated rings. The van der Waals surface area contributed by atoms with Gasteiger partial charge in [-0.05, 0) is 52.2 Å². The Morgan fingerprint density at radius 3 is 2.66 bits per heavy atom. The molecule has 0 atom stereocenters. The topological polar surface area (TPSA) is 88.3 Å². The van der Waals surface area contributed by atoms with Gasteiger partial charge in [0.05, 0.1) is 12.4 Å². The van der Waals surface area contributed by atoms with Crippen LogP contribution in [-0.2, 0) is 15.9 Å². The Morgan fingerprint density at radius 1 is 1.28 bits per heavy atom. The van der Waals surface area contributed by atoms with E-state index in [-0.39, 0.29) is 12.2 Å². The summed E-state index contributed by atoms with van der Waals surface area (Å²) in [5, 5.41) is 6.16. The standard InChI is InChI=1S/C21H36N4O4/c1-21(2,3)29-20(26)24-11-6-16-28-18-9-13-25(14-10-18)19(22-4)23-12-8-17-7-5-15-27-17/h5,7,15,18H,6,8-14,16H2,1-4H3,(H,22,23)(H,24,26). The van der Waals surface area contributed by atoms with E-state index < -0.39 is 5.60 Å². The Kier molecular flexibility index (Phi) is 9.31. The fourth-order valence-electron chi connectivity index (χ4n) is 3.15. The van der Waals surface area contributed by atoms with E-state index in [0.29, 0.717) is 13.2 Å². The maximum Gasteiger partial charge on any atom is 0.407 e. The number of nitrogens with one attached hydrogen (secondary N) is 2. The molecule has 1 amide bonds. The number of hydrogen-bond donors (Lipinski definition) is 2. The Morgan fingerprint density at radius 2 is 2.03 bits per heavy atom. The number of piperidine rings is 1. The molecule has 1 aliphatic heterocycles. The number of aliphatic imine (C=N–C) groups is 1. The number of amides is 1. The Labute approximate surface area is 174 Å². The van der Waals surface area contributed by atoms with Gasteiger partial charge in [0.2, 0.25) is 0 Å². The lowest BCUT2D eigenvalue weighted by Crippen LogP contribution is -2.47. The Hall–Kier alpha value is -2.22. The zero-order valence-electron chi connectivity index (χ0n) is 18.2. The molecule has 0 aliphatic carbocycles. The molecule has 29 heavy (non-hydrogen) atoms. The highest BCUT2D eigenvalue weighted by molar-refractivity contribution is 5.79. The molecule has 0 radical (unpaired) electrons. The summed E-state index contributed by atoms with van der Waals surface area (Å²) in [6, 6.07) is 3.89.